The number of ether oxygens (including phenoxy) is 1. The third-order valence-corrected chi connectivity index (χ3v) is 5.86. The van der Waals surface area contributed by atoms with E-state index in [1.54, 1.807) is 16.7 Å². The molecule has 0 spiro atoms. The Hall–Kier alpha value is -3.69. The first kappa shape index (κ1) is 23.5. The second-order valence-electron chi connectivity index (χ2n) is 8.45. The van der Waals surface area contributed by atoms with E-state index in [1.165, 1.54) is 4.57 Å². The average molecular weight is 467 g/mol. The highest BCUT2D eigenvalue weighted by Crippen LogP contribution is 2.21. The van der Waals surface area contributed by atoms with Gasteiger partial charge in [-0.1, -0.05) is 20.3 Å². The van der Waals surface area contributed by atoms with Crippen LogP contribution >= 0.6 is 0 Å². The highest BCUT2D eigenvalue weighted by molar-refractivity contribution is 5.90. The van der Waals surface area contributed by atoms with Crippen molar-refractivity contribution in [1.29, 1.82) is 0 Å². The van der Waals surface area contributed by atoms with E-state index in [0.717, 1.165) is 43.6 Å². The molecule has 2 aromatic heterocycles. The normalized spacial score (nSPS) is 13.5. The maximum atomic E-state index is 12.7. The van der Waals surface area contributed by atoms with Gasteiger partial charge in [-0.3, -0.25) is 19.4 Å². The standard InChI is InChI=1S/C24H30N6O4/c1-4-6-13-29-21-20(22(31)26-24(29)33)28(12-5-2)19(25-21)15-34-23(32)17-7-9-18(10-8-17)30-14-11-16(3)27-30/h7-10H,4-6,11-15H2,1-3H3,(H,26,31,33). The lowest BCUT2D eigenvalue weighted by Gasteiger charge is -2.14. The molecule has 180 valence electrons. The number of hydrogen-bond donors (Lipinski definition) is 1. The molecule has 10 nitrogen and oxygen atoms in total. The van der Waals surface area contributed by atoms with E-state index in [0.29, 0.717) is 35.6 Å². The van der Waals surface area contributed by atoms with Gasteiger partial charge in [0.2, 0.25) is 0 Å². The molecule has 1 N–H and O–H groups in total. The first-order valence-corrected chi connectivity index (χ1v) is 11.7. The molecular weight excluding hydrogens is 436 g/mol. The number of nitrogens with one attached hydrogen (secondary N) is 1. The number of hydrogen-bond acceptors (Lipinski definition) is 7. The number of anilines is 1. The van der Waals surface area contributed by atoms with Gasteiger partial charge in [0.05, 0.1) is 11.3 Å². The Morgan fingerprint density at radius 3 is 2.50 bits per heavy atom. The zero-order valence-corrected chi connectivity index (χ0v) is 19.8. The summed E-state index contributed by atoms with van der Waals surface area (Å²) in [6, 6.07) is 7.11. The lowest BCUT2D eigenvalue weighted by atomic mass is 10.2. The molecule has 0 bridgehead atoms. The first-order chi connectivity index (χ1) is 16.4. The molecule has 3 heterocycles. The molecule has 0 saturated heterocycles. The second-order valence-corrected chi connectivity index (χ2v) is 8.45. The van der Waals surface area contributed by atoms with E-state index < -0.39 is 17.2 Å². The molecule has 0 atom stereocenters. The van der Waals surface area contributed by atoms with Gasteiger partial charge in [0.25, 0.3) is 5.56 Å². The Bertz CT molecular complexity index is 1330. The number of imidazole rings is 1. The molecule has 0 fully saturated rings. The minimum atomic E-state index is -0.486. The number of aryl methyl sites for hydroxylation is 2. The number of carbonyl (C=O) groups is 1. The van der Waals surface area contributed by atoms with E-state index in [-0.39, 0.29) is 6.61 Å². The number of esters is 1. The lowest BCUT2D eigenvalue weighted by Crippen LogP contribution is -2.31. The fraction of sp³-hybridized carbons (Fsp3) is 0.458. The predicted molar refractivity (Wildman–Crippen MR) is 130 cm³/mol. The summed E-state index contributed by atoms with van der Waals surface area (Å²) >= 11 is 0. The minimum absolute atomic E-state index is 0.105. The number of carbonyl (C=O) groups excluding carboxylic acids is 1. The largest absolute Gasteiger partial charge is 0.454 e. The molecule has 4 rings (SSSR count). The van der Waals surface area contributed by atoms with Gasteiger partial charge in [0, 0.05) is 31.8 Å². The fourth-order valence-electron chi connectivity index (χ4n) is 4.06. The van der Waals surface area contributed by atoms with Gasteiger partial charge in [0.1, 0.15) is 12.4 Å². The van der Waals surface area contributed by atoms with E-state index in [1.807, 2.05) is 37.9 Å². The van der Waals surface area contributed by atoms with Crippen LogP contribution in [-0.4, -0.2) is 37.3 Å². The van der Waals surface area contributed by atoms with Crippen molar-refractivity contribution in [3.63, 3.8) is 0 Å². The highest BCUT2D eigenvalue weighted by Gasteiger charge is 2.20. The van der Waals surface area contributed by atoms with Gasteiger partial charge in [-0.15, -0.1) is 0 Å². The van der Waals surface area contributed by atoms with Crippen molar-refractivity contribution in [3.05, 3.63) is 56.5 Å². The van der Waals surface area contributed by atoms with Crippen molar-refractivity contribution >= 4 is 28.5 Å². The summed E-state index contributed by atoms with van der Waals surface area (Å²) in [4.78, 5) is 44.6. The third-order valence-electron chi connectivity index (χ3n) is 5.86. The van der Waals surface area contributed by atoms with Crippen molar-refractivity contribution in [2.24, 2.45) is 5.10 Å². The number of nitrogens with zero attached hydrogens (tertiary/aromatic N) is 5. The molecule has 0 unspecified atom stereocenters. The Kier molecular flexibility index (Phi) is 6.95. The number of aromatic amines is 1. The number of fused-ring (bicyclic) bond motifs is 1. The number of aromatic nitrogens is 4. The molecule has 3 aromatic rings. The molecule has 0 amide bonds. The van der Waals surface area contributed by atoms with E-state index in [9.17, 15) is 14.4 Å². The third kappa shape index (κ3) is 4.66. The quantitative estimate of drug-likeness (QED) is 0.485. The zero-order valence-electron chi connectivity index (χ0n) is 19.8. The maximum absolute atomic E-state index is 12.7. The molecule has 1 aliphatic rings. The summed E-state index contributed by atoms with van der Waals surface area (Å²) in [7, 11) is 0. The molecule has 1 aliphatic heterocycles. The van der Waals surface area contributed by atoms with Crippen molar-refractivity contribution in [2.75, 3.05) is 11.6 Å². The average Bonchev–Trinajstić information content (AvgIpc) is 3.42. The highest BCUT2D eigenvalue weighted by atomic mass is 16.5. The van der Waals surface area contributed by atoms with E-state index >= 15 is 0 Å². The smallest absolute Gasteiger partial charge is 0.338 e. The molecule has 0 aliphatic carbocycles. The van der Waals surface area contributed by atoms with Gasteiger partial charge >= 0.3 is 11.7 Å². The van der Waals surface area contributed by atoms with Crippen LogP contribution in [0.3, 0.4) is 0 Å². The van der Waals surface area contributed by atoms with Crippen molar-refractivity contribution < 1.29 is 9.53 Å². The monoisotopic (exact) mass is 466 g/mol. The molecule has 34 heavy (non-hydrogen) atoms. The summed E-state index contributed by atoms with van der Waals surface area (Å²) < 4.78 is 8.76. The zero-order chi connectivity index (χ0) is 24.2. The van der Waals surface area contributed by atoms with Crippen LogP contribution in [0.2, 0.25) is 0 Å². The van der Waals surface area contributed by atoms with Crippen LogP contribution in [0.1, 0.15) is 62.6 Å². The van der Waals surface area contributed by atoms with Crippen LogP contribution in [0.25, 0.3) is 11.2 Å². The number of benzene rings is 1. The summed E-state index contributed by atoms with van der Waals surface area (Å²) in [5.41, 5.74) is 2.11. The van der Waals surface area contributed by atoms with Crippen LogP contribution < -0.4 is 16.3 Å². The van der Waals surface area contributed by atoms with Crippen molar-refractivity contribution in [1.82, 2.24) is 19.1 Å². The predicted octanol–water partition coefficient (Wildman–Crippen LogP) is 3.04. The van der Waals surface area contributed by atoms with Crippen LogP contribution in [0.15, 0.2) is 39.0 Å². The number of rotatable bonds is 9. The summed E-state index contributed by atoms with van der Waals surface area (Å²) in [6.07, 6.45) is 3.36. The van der Waals surface area contributed by atoms with Crippen molar-refractivity contribution in [2.45, 2.75) is 66.2 Å². The molecule has 1 aromatic carbocycles. The van der Waals surface area contributed by atoms with E-state index in [2.05, 4.69) is 15.1 Å². The van der Waals surface area contributed by atoms with Crippen LogP contribution in [-0.2, 0) is 24.4 Å². The van der Waals surface area contributed by atoms with Gasteiger partial charge in [-0.2, -0.15) is 5.10 Å². The Labute approximate surface area is 196 Å². The summed E-state index contributed by atoms with van der Waals surface area (Å²) in [5.74, 6) is -0.0508. The van der Waals surface area contributed by atoms with Crippen LogP contribution in [0, 0.1) is 0 Å². The molecule has 0 saturated carbocycles. The van der Waals surface area contributed by atoms with Gasteiger partial charge in [-0.25, -0.2) is 14.6 Å². The minimum Gasteiger partial charge on any atom is -0.454 e. The number of hydrazone groups is 1. The SMILES string of the molecule is CCCCn1c(=O)[nH]c(=O)c2c1nc(COC(=O)c1ccc(N3CCC(C)=N3)cc1)n2CCC. The van der Waals surface area contributed by atoms with E-state index in [4.69, 9.17) is 4.74 Å². The summed E-state index contributed by atoms with van der Waals surface area (Å²) in [6.45, 7) is 7.70. The Morgan fingerprint density at radius 2 is 1.85 bits per heavy atom. The maximum Gasteiger partial charge on any atom is 0.338 e. The van der Waals surface area contributed by atoms with Gasteiger partial charge in [-0.05, 0) is 44.0 Å². The lowest BCUT2D eigenvalue weighted by molar-refractivity contribution is 0.0458. The Balaban J connectivity index is 1.57. The van der Waals surface area contributed by atoms with Crippen LogP contribution in [0.4, 0.5) is 5.69 Å². The number of unbranched alkanes of at least 4 members (excludes halogenated alkanes) is 1. The molecule has 0 radical (unpaired) electrons. The molecular formula is C24H30N6O4. The second kappa shape index (κ2) is 10.1. The molecule has 10 heteroatoms. The summed E-state index contributed by atoms with van der Waals surface area (Å²) in [5, 5.41) is 6.38. The van der Waals surface area contributed by atoms with Gasteiger partial charge in [0.15, 0.2) is 11.2 Å². The topological polar surface area (TPSA) is 115 Å². The Morgan fingerprint density at radius 1 is 1.09 bits per heavy atom. The fourth-order valence-corrected chi connectivity index (χ4v) is 4.06. The van der Waals surface area contributed by atoms with Crippen LogP contribution in [0.5, 0.6) is 0 Å². The first-order valence-electron chi connectivity index (χ1n) is 11.7. The number of H-pyrrole nitrogens is 1. The van der Waals surface area contributed by atoms with Gasteiger partial charge < -0.3 is 9.30 Å². The van der Waals surface area contributed by atoms with Crippen molar-refractivity contribution in [3.8, 4) is 0 Å².